The summed E-state index contributed by atoms with van der Waals surface area (Å²) in [6.07, 6.45) is -2.97. The number of halogens is 4. The molecule has 1 saturated carbocycles. The van der Waals surface area contributed by atoms with E-state index in [0.717, 1.165) is 25.0 Å². The maximum absolute atomic E-state index is 14.2. The van der Waals surface area contributed by atoms with Crippen LogP contribution in [0.15, 0.2) is 18.2 Å². The highest BCUT2D eigenvalue weighted by molar-refractivity contribution is 5.76. The van der Waals surface area contributed by atoms with Crippen molar-refractivity contribution in [2.45, 2.75) is 44.3 Å². The molecule has 2 fully saturated rings. The summed E-state index contributed by atoms with van der Waals surface area (Å²) in [5, 5.41) is 14.5. The SMILES string of the molecule is CNC(=O)N1CC(C#N)C[C@@H](N(C(=O)NCc2ccc(OC(F)(F)F)cc2F)C2CC2)C1. The summed E-state index contributed by atoms with van der Waals surface area (Å²) in [5.74, 6) is -2.07. The van der Waals surface area contributed by atoms with Crippen molar-refractivity contribution >= 4 is 12.1 Å². The predicted octanol–water partition coefficient (Wildman–Crippen LogP) is 2.95. The van der Waals surface area contributed by atoms with Crippen LogP contribution >= 0.6 is 0 Å². The fraction of sp³-hybridized carbons (Fsp3) is 0.550. The van der Waals surface area contributed by atoms with Crippen LogP contribution in [-0.4, -0.2) is 60.4 Å². The van der Waals surface area contributed by atoms with Gasteiger partial charge in [0.2, 0.25) is 0 Å². The second kappa shape index (κ2) is 9.50. The van der Waals surface area contributed by atoms with Gasteiger partial charge in [0, 0.05) is 44.4 Å². The van der Waals surface area contributed by atoms with Crippen LogP contribution in [0.5, 0.6) is 5.75 Å². The summed E-state index contributed by atoms with van der Waals surface area (Å²) >= 11 is 0. The minimum absolute atomic E-state index is 0.00541. The number of nitrogens with zero attached hydrogens (tertiary/aromatic N) is 3. The fourth-order valence-electron chi connectivity index (χ4n) is 3.80. The van der Waals surface area contributed by atoms with E-state index in [2.05, 4.69) is 21.4 Å². The molecule has 1 heterocycles. The number of ether oxygens (including phenoxy) is 1. The number of hydrogen-bond acceptors (Lipinski definition) is 4. The molecule has 174 valence electrons. The molecule has 0 spiro atoms. The topological polar surface area (TPSA) is 97.7 Å². The van der Waals surface area contributed by atoms with Crippen LogP contribution in [0.1, 0.15) is 24.8 Å². The van der Waals surface area contributed by atoms with Crippen molar-refractivity contribution in [1.29, 1.82) is 5.26 Å². The average molecular weight is 457 g/mol. The molecular weight excluding hydrogens is 434 g/mol. The Balaban J connectivity index is 1.67. The van der Waals surface area contributed by atoms with Crippen LogP contribution < -0.4 is 15.4 Å². The maximum atomic E-state index is 14.2. The van der Waals surface area contributed by atoms with Crippen molar-refractivity contribution in [3.8, 4) is 11.8 Å². The standard InChI is InChI=1S/C20H23F4N5O3/c1-26-18(30)28-10-12(8-25)6-15(11-28)29(14-3-4-14)19(31)27-9-13-2-5-16(7-17(13)21)32-20(22,23)24/h2,5,7,12,14-15H,3-4,6,9-11H2,1H3,(H,26,30)(H,27,31)/t12?,15-/m1/s1. The van der Waals surface area contributed by atoms with Crippen LogP contribution in [0.4, 0.5) is 27.2 Å². The van der Waals surface area contributed by atoms with Gasteiger partial charge in [0.1, 0.15) is 11.6 Å². The molecular formula is C20H23F4N5O3. The number of alkyl halides is 3. The van der Waals surface area contributed by atoms with Gasteiger partial charge in [-0.1, -0.05) is 6.07 Å². The van der Waals surface area contributed by atoms with Gasteiger partial charge >= 0.3 is 18.4 Å². The molecule has 8 nitrogen and oxygen atoms in total. The first-order valence-corrected chi connectivity index (χ1v) is 10.1. The Bertz CT molecular complexity index is 900. The lowest BCUT2D eigenvalue weighted by Crippen LogP contribution is -2.57. The summed E-state index contributed by atoms with van der Waals surface area (Å²) in [5.41, 5.74) is -0.00541. The second-order valence-electron chi connectivity index (χ2n) is 7.77. The molecule has 0 bridgehead atoms. The zero-order valence-corrected chi connectivity index (χ0v) is 17.3. The van der Waals surface area contributed by atoms with E-state index >= 15 is 0 Å². The van der Waals surface area contributed by atoms with Crippen LogP contribution in [0.3, 0.4) is 0 Å². The van der Waals surface area contributed by atoms with Crippen molar-refractivity contribution in [3.63, 3.8) is 0 Å². The third-order valence-electron chi connectivity index (χ3n) is 5.37. The van der Waals surface area contributed by atoms with E-state index in [4.69, 9.17) is 0 Å². The summed E-state index contributed by atoms with van der Waals surface area (Å²) in [6.45, 7) is 0.289. The second-order valence-corrected chi connectivity index (χ2v) is 7.77. The van der Waals surface area contributed by atoms with Crippen LogP contribution in [0.25, 0.3) is 0 Å². The van der Waals surface area contributed by atoms with Crippen molar-refractivity contribution in [1.82, 2.24) is 20.4 Å². The summed E-state index contributed by atoms with van der Waals surface area (Å²) < 4.78 is 54.7. The number of carbonyl (C=O) groups excluding carboxylic acids is 2. The van der Waals surface area contributed by atoms with Gasteiger partial charge in [-0.2, -0.15) is 5.26 Å². The lowest BCUT2D eigenvalue weighted by molar-refractivity contribution is -0.274. The van der Waals surface area contributed by atoms with Crippen LogP contribution in [-0.2, 0) is 6.54 Å². The number of urea groups is 2. The molecule has 32 heavy (non-hydrogen) atoms. The first kappa shape index (κ1) is 23.4. The summed E-state index contributed by atoms with van der Waals surface area (Å²) in [6, 6.07) is 3.59. The molecule has 2 atom stereocenters. The van der Waals surface area contributed by atoms with Crippen LogP contribution in [0, 0.1) is 23.1 Å². The molecule has 12 heteroatoms. The van der Waals surface area contributed by atoms with Gasteiger partial charge in [0.05, 0.1) is 18.0 Å². The number of nitriles is 1. The van der Waals surface area contributed by atoms with E-state index < -0.39 is 29.9 Å². The Morgan fingerprint density at radius 3 is 2.56 bits per heavy atom. The quantitative estimate of drug-likeness (QED) is 0.665. The molecule has 0 radical (unpaired) electrons. The van der Waals surface area contributed by atoms with Gasteiger partial charge in [-0.15, -0.1) is 13.2 Å². The number of likely N-dealkylation sites (tertiary alicyclic amines) is 1. The molecule has 3 rings (SSSR count). The van der Waals surface area contributed by atoms with E-state index in [1.807, 2.05) is 0 Å². The summed E-state index contributed by atoms with van der Waals surface area (Å²) in [7, 11) is 1.48. The van der Waals surface area contributed by atoms with Gasteiger partial charge in [0.15, 0.2) is 0 Å². The van der Waals surface area contributed by atoms with E-state index in [0.29, 0.717) is 12.5 Å². The number of amides is 4. The Kier molecular flexibility index (Phi) is 6.96. The lowest BCUT2D eigenvalue weighted by Gasteiger charge is -2.41. The van der Waals surface area contributed by atoms with Crippen molar-refractivity contribution in [3.05, 3.63) is 29.6 Å². The van der Waals surface area contributed by atoms with Gasteiger partial charge in [0.25, 0.3) is 0 Å². The molecule has 4 amide bonds. The highest BCUT2D eigenvalue weighted by Gasteiger charge is 2.42. The Morgan fingerprint density at radius 1 is 1.28 bits per heavy atom. The normalized spacial score (nSPS) is 20.8. The molecule has 2 aliphatic rings. The van der Waals surface area contributed by atoms with Crippen LogP contribution in [0.2, 0.25) is 0 Å². The van der Waals surface area contributed by atoms with E-state index in [9.17, 15) is 32.4 Å². The highest BCUT2D eigenvalue weighted by Crippen LogP contribution is 2.33. The van der Waals surface area contributed by atoms with Crippen molar-refractivity contribution in [2.75, 3.05) is 20.1 Å². The average Bonchev–Trinajstić information content (AvgIpc) is 3.56. The number of piperidine rings is 1. The number of hydrogen-bond donors (Lipinski definition) is 2. The zero-order valence-electron chi connectivity index (χ0n) is 17.3. The molecule has 2 N–H and O–H groups in total. The molecule has 1 aromatic carbocycles. The van der Waals surface area contributed by atoms with Gasteiger partial charge in [-0.3, -0.25) is 0 Å². The number of benzene rings is 1. The smallest absolute Gasteiger partial charge is 0.406 e. The maximum Gasteiger partial charge on any atom is 0.573 e. The Morgan fingerprint density at radius 2 is 2.00 bits per heavy atom. The largest absolute Gasteiger partial charge is 0.573 e. The Hall–Kier alpha value is -3.23. The highest BCUT2D eigenvalue weighted by atomic mass is 19.4. The zero-order chi connectivity index (χ0) is 23.5. The Labute approximate surface area is 182 Å². The number of carbonyl (C=O) groups is 2. The number of nitrogens with one attached hydrogen (secondary N) is 2. The summed E-state index contributed by atoms with van der Waals surface area (Å²) in [4.78, 5) is 28.1. The van der Waals surface area contributed by atoms with E-state index in [1.165, 1.54) is 11.9 Å². The van der Waals surface area contributed by atoms with Crippen molar-refractivity contribution in [2.24, 2.45) is 5.92 Å². The molecule has 1 unspecified atom stereocenters. The lowest BCUT2D eigenvalue weighted by atomic mass is 9.94. The molecule has 1 saturated heterocycles. The monoisotopic (exact) mass is 457 g/mol. The third-order valence-corrected chi connectivity index (χ3v) is 5.37. The molecule has 0 aromatic heterocycles. The molecule has 1 aliphatic heterocycles. The molecule has 1 aromatic rings. The van der Waals surface area contributed by atoms with E-state index in [-0.39, 0.29) is 43.3 Å². The molecule has 1 aliphatic carbocycles. The van der Waals surface area contributed by atoms with Crippen molar-refractivity contribution < 1.29 is 31.9 Å². The van der Waals surface area contributed by atoms with E-state index in [1.54, 1.807) is 4.90 Å². The van der Waals surface area contributed by atoms with Gasteiger partial charge < -0.3 is 25.2 Å². The third kappa shape index (κ3) is 5.93. The minimum atomic E-state index is -4.93. The number of rotatable bonds is 5. The minimum Gasteiger partial charge on any atom is -0.406 e. The predicted molar refractivity (Wildman–Crippen MR) is 104 cm³/mol. The fourth-order valence-corrected chi connectivity index (χ4v) is 3.80. The first-order valence-electron chi connectivity index (χ1n) is 10.1. The van der Waals surface area contributed by atoms with Gasteiger partial charge in [-0.05, 0) is 25.3 Å². The van der Waals surface area contributed by atoms with Gasteiger partial charge in [-0.25, -0.2) is 14.0 Å². The first-order chi connectivity index (χ1) is 15.1.